The Morgan fingerprint density at radius 1 is 1.67 bits per heavy atom. The SMILES string of the molecule is CNCC(O)CCC[O]. The smallest absolute Gasteiger partial charge is 0.0823 e. The molecule has 2 N–H and O–H groups in total. The molecular formula is C6H14NO2. The minimum atomic E-state index is -0.344. The predicted octanol–water partition coefficient (Wildman–Crippen LogP) is -0.223. The van der Waals surface area contributed by atoms with E-state index in [0.717, 1.165) is 0 Å². The molecule has 0 spiro atoms. The first-order valence-corrected chi connectivity index (χ1v) is 3.22. The maximum absolute atomic E-state index is 9.91. The third kappa shape index (κ3) is 5.76. The van der Waals surface area contributed by atoms with Crippen LogP contribution in [0.3, 0.4) is 0 Å². The van der Waals surface area contributed by atoms with Crippen molar-refractivity contribution in [2.75, 3.05) is 20.2 Å². The highest BCUT2D eigenvalue weighted by molar-refractivity contribution is 4.55. The summed E-state index contributed by atoms with van der Waals surface area (Å²) in [5.74, 6) is 0. The molecule has 55 valence electrons. The molecule has 0 saturated heterocycles. The first-order chi connectivity index (χ1) is 4.31. The minimum Gasteiger partial charge on any atom is -0.392 e. The largest absolute Gasteiger partial charge is 0.392 e. The highest BCUT2D eigenvalue weighted by Gasteiger charge is 1.99. The number of rotatable bonds is 5. The Bertz CT molecular complexity index is 59.0. The summed E-state index contributed by atoms with van der Waals surface area (Å²) in [6, 6.07) is 0. The van der Waals surface area contributed by atoms with Crippen molar-refractivity contribution in [1.29, 1.82) is 0 Å². The average Bonchev–Trinajstić information content (AvgIpc) is 1.85. The fourth-order valence-corrected chi connectivity index (χ4v) is 0.657. The van der Waals surface area contributed by atoms with E-state index in [1.165, 1.54) is 0 Å². The zero-order valence-corrected chi connectivity index (χ0v) is 5.76. The molecule has 1 radical (unpaired) electrons. The second kappa shape index (κ2) is 6.01. The number of aliphatic hydroxyl groups is 1. The molecule has 0 aromatic heterocycles. The third-order valence-corrected chi connectivity index (χ3v) is 1.12. The Balaban J connectivity index is 2.95. The zero-order valence-electron chi connectivity index (χ0n) is 5.76. The Hall–Kier alpha value is -0.120. The minimum absolute atomic E-state index is 0.0826. The van der Waals surface area contributed by atoms with Crippen LogP contribution < -0.4 is 5.32 Å². The van der Waals surface area contributed by atoms with Crippen LogP contribution in [0.25, 0.3) is 0 Å². The predicted molar refractivity (Wildman–Crippen MR) is 34.7 cm³/mol. The van der Waals surface area contributed by atoms with Gasteiger partial charge in [-0.25, -0.2) is 5.11 Å². The van der Waals surface area contributed by atoms with Crippen LogP contribution in [0.1, 0.15) is 12.8 Å². The van der Waals surface area contributed by atoms with Crippen LogP contribution in [-0.4, -0.2) is 31.4 Å². The lowest BCUT2D eigenvalue weighted by atomic mass is 10.2. The summed E-state index contributed by atoms with van der Waals surface area (Å²) >= 11 is 0. The Morgan fingerprint density at radius 3 is 2.78 bits per heavy atom. The molecule has 0 fully saturated rings. The highest BCUT2D eigenvalue weighted by atomic mass is 16.3. The highest BCUT2D eigenvalue weighted by Crippen LogP contribution is 1.93. The number of nitrogens with one attached hydrogen (secondary N) is 1. The van der Waals surface area contributed by atoms with Gasteiger partial charge >= 0.3 is 0 Å². The Labute approximate surface area is 55.7 Å². The summed E-state index contributed by atoms with van der Waals surface area (Å²) in [7, 11) is 1.78. The zero-order chi connectivity index (χ0) is 7.11. The lowest BCUT2D eigenvalue weighted by Crippen LogP contribution is -2.23. The van der Waals surface area contributed by atoms with Crippen LogP contribution in [0, 0.1) is 0 Å². The second-order valence-electron chi connectivity index (χ2n) is 2.06. The van der Waals surface area contributed by atoms with Gasteiger partial charge in [-0.2, -0.15) is 0 Å². The number of hydrogen-bond donors (Lipinski definition) is 2. The van der Waals surface area contributed by atoms with Crippen molar-refractivity contribution in [1.82, 2.24) is 5.32 Å². The van der Waals surface area contributed by atoms with Crippen molar-refractivity contribution >= 4 is 0 Å². The molecule has 0 rings (SSSR count). The van der Waals surface area contributed by atoms with Crippen molar-refractivity contribution < 1.29 is 10.2 Å². The van der Waals surface area contributed by atoms with E-state index in [1.807, 2.05) is 0 Å². The topological polar surface area (TPSA) is 52.2 Å². The average molecular weight is 132 g/mol. The van der Waals surface area contributed by atoms with Gasteiger partial charge < -0.3 is 10.4 Å². The van der Waals surface area contributed by atoms with E-state index in [9.17, 15) is 5.11 Å². The van der Waals surface area contributed by atoms with Gasteiger partial charge in [0.25, 0.3) is 0 Å². The molecule has 3 heteroatoms. The van der Waals surface area contributed by atoms with Gasteiger partial charge in [0.15, 0.2) is 0 Å². The van der Waals surface area contributed by atoms with Gasteiger partial charge in [0.05, 0.1) is 12.7 Å². The monoisotopic (exact) mass is 132 g/mol. The van der Waals surface area contributed by atoms with Gasteiger partial charge in [-0.15, -0.1) is 0 Å². The molecule has 0 aromatic carbocycles. The molecule has 0 amide bonds. The van der Waals surface area contributed by atoms with E-state index in [-0.39, 0.29) is 12.7 Å². The van der Waals surface area contributed by atoms with Gasteiger partial charge in [0.1, 0.15) is 0 Å². The summed E-state index contributed by atoms with van der Waals surface area (Å²) < 4.78 is 0. The third-order valence-electron chi connectivity index (χ3n) is 1.12. The summed E-state index contributed by atoms with van der Waals surface area (Å²) in [4.78, 5) is 0. The molecule has 3 nitrogen and oxygen atoms in total. The molecule has 0 aliphatic carbocycles. The fraction of sp³-hybridized carbons (Fsp3) is 1.00. The lowest BCUT2D eigenvalue weighted by molar-refractivity contribution is 0.131. The molecule has 1 unspecified atom stereocenters. The van der Waals surface area contributed by atoms with Gasteiger partial charge in [0, 0.05) is 6.54 Å². The summed E-state index contributed by atoms with van der Waals surface area (Å²) in [6.07, 6.45) is 0.844. The van der Waals surface area contributed by atoms with Crippen molar-refractivity contribution in [3.63, 3.8) is 0 Å². The van der Waals surface area contributed by atoms with E-state index in [1.54, 1.807) is 7.05 Å². The second-order valence-corrected chi connectivity index (χ2v) is 2.06. The molecule has 0 aliphatic rings. The fourth-order valence-electron chi connectivity index (χ4n) is 0.657. The molecular weight excluding hydrogens is 118 g/mol. The summed E-state index contributed by atoms with van der Waals surface area (Å²) in [5.41, 5.74) is 0. The lowest BCUT2D eigenvalue weighted by Gasteiger charge is -2.06. The maximum Gasteiger partial charge on any atom is 0.0823 e. The van der Waals surface area contributed by atoms with Crippen LogP contribution in [0.4, 0.5) is 0 Å². The maximum atomic E-state index is 9.91. The molecule has 0 bridgehead atoms. The quantitative estimate of drug-likeness (QED) is 0.543. The number of aliphatic hydroxyl groups excluding tert-OH is 1. The Morgan fingerprint density at radius 2 is 2.33 bits per heavy atom. The van der Waals surface area contributed by atoms with Crippen LogP contribution in [-0.2, 0) is 5.11 Å². The number of likely N-dealkylation sites (N-methyl/N-ethyl adjacent to an activating group) is 1. The van der Waals surface area contributed by atoms with Gasteiger partial charge in [-0.1, -0.05) is 0 Å². The summed E-state index contributed by atoms with van der Waals surface area (Å²) in [6.45, 7) is 0.501. The van der Waals surface area contributed by atoms with Gasteiger partial charge in [-0.05, 0) is 19.9 Å². The molecule has 9 heavy (non-hydrogen) atoms. The van der Waals surface area contributed by atoms with E-state index < -0.39 is 0 Å². The van der Waals surface area contributed by atoms with Crippen LogP contribution in [0.2, 0.25) is 0 Å². The normalized spacial score (nSPS) is 13.7. The molecule has 0 saturated carbocycles. The van der Waals surface area contributed by atoms with Crippen LogP contribution in [0.5, 0.6) is 0 Å². The van der Waals surface area contributed by atoms with E-state index in [4.69, 9.17) is 5.11 Å². The van der Waals surface area contributed by atoms with E-state index in [2.05, 4.69) is 5.32 Å². The van der Waals surface area contributed by atoms with E-state index in [0.29, 0.717) is 19.4 Å². The van der Waals surface area contributed by atoms with Crippen molar-refractivity contribution in [2.45, 2.75) is 18.9 Å². The molecule has 0 heterocycles. The van der Waals surface area contributed by atoms with Crippen LogP contribution in [0.15, 0.2) is 0 Å². The van der Waals surface area contributed by atoms with E-state index >= 15 is 0 Å². The molecule has 1 atom stereocenters. The van der Waals surface area contributed by atoms with Crippen molar-refractivity contribution in [3.8, 4) is 0 Å². The van der Waals surface area contributed by atoms with Gasteiger partial charge in [-0.3, -0.25) is 0 Å². The first kappa shape index (κ1) is 8.88. The van der Waals surface area contributed by atoms with Gasteiger partial charge in [0.2, 0.25) is 0 Å². The standard InChI is InChI=1S/C6H14NO2/c1-7-5-6(9)3-2-4-8/h6-7,9H,2-5H2,1H3. The molecule has 0 aromatic rings. The van der Waals surface area contributed by atoms with Crippen molar-refractivity contribution in [2.24, 2.45) is 0 Å². The number of hydrogen-bond acceptors (Lipinski definition) is 2. The summed E-state index contributed by atoms with van der Waals surface area (Å²) in [5, 5.41) is 21.7. The Kier molecular flexibility index (Phi) is 5.93. The molecule has 0 aliphatic heterocycles. The van der Waals surface area contributed by atoms with Crippen molar-refractivity contribution in [3.05, 3.63) is 0 Å². The van der Waals surface area contributed by atoms with Crippen LogP contribution >= 0.6 is 0 Å². The first-order valence-electron chi connectivity index (χ1n) is 3.22.